The van der Waals surface area contributed by atoms with Crippen molar-refractivity contribution < 1.29 is 10.3 Å². The molecule has 0 radical (unpaired) electrons. The molecule has 0 saturated carbocycles. The lowest BCUT2D eigenvalue weighted by Crippen LogP contribution is -1.99. The molecule has 0 atom stereocenters. The predicted molar refractivity (Wildman–Crippen MR) is 91.2 cm³/mol. The summed E-state index contributed by atoms with van der Waals surface area (Å²) in [6.07, 6.45) is 18.0. The van der Waals surface area contributed by atoms with Crippen molar-refractivity contribution in [3.05, 3.63) is 0 Å². The summed E-state index contributed by atoms with van der Waals surface area (Å²) in [5.74, 6) is 0. The molecule has 0 aromatic rings. The van der Waals surface area contributed by atoms with E-state index < -0.39 is 0 Å². The van der Waals surface area contributed by atoms with Crippen molar-refractivity contribution in [1.29, 1.82) is 0 Å². The molecular weight excluding hydrogens is 262 g/mol. The van der Waals surface area contributed by atoms with Crippen LogP contribution in [-0.4, -0.2) is 22.6 Å². The maximum Gasteiger partial charge on any atom is 0.0570 e. The van der Waals surface area contributed by atoms with Crippen LogP contribution < -0.4 is 0 Å². The van der Waals surface area contributed by atoms with Gasteiger partial charge in [-0.25, -0.2) is 0 Å². The number of oxime groups is 1. The van der Waals surface area contributed by atoms with E-state index in [9.17, 15) is 0 Å². The normalized spacial score (nSPS) is 12.0. The van der Waals surface area contributed by atoms with E-state index in [-0.39, 0.29) is 0 Å². The fourth-order valence-electron chi connectivity index (χ4n) is 2.66. The summed E-state index contributed by atoms with van der Waals surface area (Å²) >= 11 is 0. The molecule has 0 saturated heterocycles. The number of hydrogen-bond donors (Lipinski definition) is 2. The molecule has 3 heteroatoms. The van der Waals surface area contributed by atoms with Gasteiger partial charge in [-0.2, -0.15) is 0 Å². The van der Waals surface area contributed by atoms with Crippen molar-refractivity contribution in [3.63, 3.8) is 0 Å². The Hall–Kier alpha value is -0.570. The van der Waals surface area contributed by atoms with Crippen LogP contribution in [0.25, 0.3) is 0 Å². The van der Waals surface area contributed by atoms with Gasteiger partial charge in [0, 0.05) is 6.61 Å². The Morgan fingerprint density at radius 1 is 0.667 bits per heavy atom. The van der Waals surface area contributed by atoms with Crippen LogP contribution in [0.4, 0.5) is 0 Å². The summed E-state index contributed by atoms with van der Waals surface area (Å²) in [6.45, 7) is 2.56. The Bertz CT molecular complexity index is 229. The van der Waals surface area contributed by atoms with Crippen LogP contribution in [0, 0.1) is 0 Å². The molecule has 0 unspecified atom stereocenters. The molecule has 0 fully saturated rings. The number of hydrogen-bond acceptors (Lipinski definition) is 3. The van der Waals surface area contributed by atoms with Gasteiger partial charge in [0.15, 0.2) is 0 Å². The van der Waals surface area contributed by atoms with Crippen LogP contribution in [0.2, 0.25) is 0 Å². The van der Waals surface area contributed by atoms with Gasteiger partial charge in [0.2, 0.25) is 0 Å². The summed E-state index contributed by atoms with van der Waals surface area (Å²) in [5.41, 5.74) is 0.995. The minimum absolute atomic E-state index is 0.340. The van der Waals surface area contributed by atoms with Crippen LogP contribution in [0.3, 0.4) is 0 Å². The summed E-state index contributed by atoms with van der Waals surface area (Å²) in [7, 11) is 0. The average molecular weight is 299 g/mol. The lowest BCUT2D eigenvalue weighted by molar-refractivity contribution is 0.282. The van der Waals surface area contributed by atoms with E-state index in [1.165, 1.54) is 70.6 Å². The number of aliphatic hydroxyl groups is 1. The van der Waals surface area contributed by atoms with E-state index in [0.717, 1.165) is 31.4 Å². The van der Waals surface area contributed by atoms with Crippen LogP contribution >= 0.6 is 0 Å². The van der Waals surface area contributed by atoms with Gasteiger partial charge in [0.05, 0.1) is 5.71 Å². The highest BCUT2D eigenvalue weighted by molar-refractivity contribution is 5.83. The molecule has 0 aliphatic rings. The molecule has 3 nitrogen and oxygen atoms in total. The van der Waals surface area contributed by atoms with Crippen molar-refractivity contribution >= 4 is 5.71 Å². The van der Waals surface area contributed by atoms with Gasteiger partial charge in [-0.05, 0) is 32.1 Å². The predicted octanol–water partition coefficient (Wildman–Crippen LogP) is 5.68. The number of rotatable bonds is 16. The maximum atomic E-state index is 9.00. The average Bonchev–Trinajstić information content (AvgIpc) is 2.51. The Morgan fingerprint density at radius 2 is 1.10 bits per heavy atom. The third kappa shape index (κ3) is 15.6. The minimum atomic E-state index is 0.340. The molecule has 0 rings (SSSR count). The fourth-order valence-corrected chi connectivity index (χ4v) is 2.66. The highest BCUT2D eigenvalue weighted by Crippen LogP contribution is 2.12. The Kier molecular flexibility index (Phi) is 17.0. The third-order valence-corrected chi connectivity index (χ3v) is 4.08. The minimum Gasteiger partial charge on any atom is -0.411 e. The van der Waals surface area contributed by atoms with E-state index in [1.54, 1.807) is 0 Å². The van der Waals surface area contributed by atoms with E-state index in [2.05, 4.69) is 12.1 Å². The Balaban J connectivity index is 3.28. The van der Waals surface area contributed by atoms with Crippen molar-refractivity contribution in [2.75, 3.05) is 6.61 Å². The second-order valence-corrected chi connectivity index (χ2v) is 6.13. The van der Waals surface area contributed by atoms with Crippen molar-refractivity contribution in [3.8, 4) is 0 Å². The molecule has 0 aliphatic heterocycles. The van der Waals surface area contributed by atoms with Gasteiger partial charge in [-0.15, -0.1) is 0 Å². The first-order valence-corrected chi connectivity index (χ1v) is 9.15. The lowest BCUT2D eigenvalue weighted by Gasteiger charge is -2.05. The summed E-state index contributed by atoms with van der Waals surface area (Å²) in [5, 5.41) is 21.1. The molecule has 0 spiro atoms. The molecule has 0 aromatic carbocycles. The maximum absolute atomic E-state index is 9.00. The van der Waals surface area contributed by atoms with Gasteiger partial charge >= 0.3 is 0 Å². The monoisotopic (exact) mass is 299 g/mol. The zero-order valence-corrected chi connectivity index (χ0v) is 14.2. The molecule has 0 heterocycles. The molecule has 0 aliphatic carbocycles. The van der Waals surface area contributed by atoms with Gasteiger partial charge in [-0.1, -0.05) is 76.3 Å². The topological polar surface area (TPSA) is 52.8 Å². The van der Waals surface area contributed by atoms with Crippen LogP contribution in [-0.2, 0) is 0 Å². The van der Waals surface area contributed by atoms with Crippen LogP contribution in [0.5, 0.6) is 0 Å². The molecular formula is C18H37NO2. The SMILES string of the molecule is CCCCCC/C(CCCCCCCCCCCO)=N\O. The van der Waals surface area contributed by atoms with Crippen molar-refractivity contribution in [1.82, 2.24) is 0 Å². The molecule has 21 heavy (non-hydrogen) atoms. The van der Waals surface area contributed by atoms with Crippen LogP contribution in [0.1, 0.15) is 103 Å². The molecule has 2 N–H and O–H groups in total. The lowest BCUT2D eigenvalue weighted by atomic mass is 10.0. The first kappa shape index (κ1) is 20.4. The second-order valence-electron chi connectivity index (χ2n) is 6.13. The van der Waals surface area contributed by atoms with E-state index >= 15 is 0 Å². The van der Waals surface area contributed by atoms with Gasteiger partial charge in [-0.3, -0.25) is 0 Å². The van der Waals surface area contributed by atoms with Crippen molar-refractivity contribution in [2.45, 2.75) is 103 Å². The number of nitrogens with zero attached hydrogens (tertiary/aromatic N) is 1. The molecule has 126 valence electrons. The largest absolute Gasteiger partial charge is 0.411 e. The Morgan fingerprint density at radius 3 is 1.52 bits per heavy atom. The van der Waals surface area contributed by atoms with E-state index in [4.69, 9.17) is 10.3 Å². The second kappa shape index (κ2) is 17.5. The quantitative estimate of drug-likeness (QED) is 0.167. The first-order valence-electron chi connectivity index (χ1n) is 9.15. The smallest absolute Gasteiger partial charge is 0.0570 e. The van der Waals surface area contributed by atoms with E-state index in [0.29, 0.717) is 6.61 Å². The highest BCUT2D eigenvalue weighted by atomic mass is 16.4. The highest BCUT2D eigenvalue weighted by Gasteiger charge is 2.01. The van der Waals surface area contributed by atoms with Gasteiger partial charge < -0.3 is 10.3 Å². The third-order valence-electron chi connectivity index (χ3n) is 4.08. The zero-order chi connectivity index (χ0) is 15.6. The number of aliphatic hydroxyl groups excluding tert-OH is 1. The first-order chi connectivity index (χ1) is 10.3. The molecule has 0 amide bonds. The van der Waals surface area contributed by atoms with Crippen molar-refractivity contribution in [2.24, 2.45) is 5.16 Å². The van der Waals surface area contributed by atoms with Crippen LogP contribution in [0.15, 0.2) is 5.16 Å². The fraction of sp³-hybridized carbons (Fsp3) is 0.944. The standard InChI is InChI=1S/C18H37NO2/c1-2-3-4-12-15-18(19-21)16-13-10-8-6-5-7-9-11-14-17-20/h20-21H,2-17H2,1H3/b19-18+. The van der Waals surface area contributed by atoms with Gasteiger partial charge in [0.25, 0.3) is 0 Å². The van der Waals surface area contributed by atoms with Gasteiger partial charge in [0.1, 0.15) is 0 Å². The summed E-state index contributed by atoms with van der Waals surface area (Å²) in [4.78, 5) is 0. The molecule has 0 aromatic heterocycles. The Labute approximate surface area is 131 Å². The number of unbranched alkanes of at least 4 members (excludes halogenated alkanes) is 11. The zero-order valence-electron chi connectivity index (χ0n) is 14.2. The van der Waals surface area contributed by atoms with E-state index in [1.807, 2.05) is 0 Å². The summed E-state index contributed by atoms with van der Waals surface area (Å²) < 4.78 is 0. The summed E-state index contributed by atoms with van der Waals surface area (Å²) in [6, 6.07) is 0. The molecule has 0 bridgehead atoms.